The Bertz CT molecular complexity index is 539. The molecule has 2 fully saturated rings. The molecule has 0 N–H and O–H groups in total. The number of hydrogen-bond acceptors (Lipinski definition) is 3. The van der Waals surface area contributed by atoms with E-state index in [-0.39, 0.29) is 0 Å². The molecular weight excluding hydrogens is 310 g/mol. The summed E-state index contributed by atoms with van der Waals surface area (Å²) in [6.07, 6.45) is 4.74. The van der Waals surface area contributed by atoms with Crippen LogP contribution >= 0.6 is 0 Å². The largest absolute Gasteiger partial charge is 0.341 e. The normalized spacial score (nSPS) is 23.2. The maximum Gasteiger partial charge on any atom is 0.236 e. The first-order valence-electron chi connectivity index (χ1n) is 9.86. The average Bonchev–Trinajstić information content (AvgIpc) is 2.63. The highest BCUT2D eigenvalue weighted by atomic mass is 16.2. The van der Waals surface area contributed by atoms with Gasteiger partial charge in [-0.05, 0) is 57.3 Å². The van der Waals surface area contributed by atoms with Gasteiger partial charge in [-0.3, -0.25) is 14.6 Å². The summed E-state index contributed by atoms with van der Waals surface area (Å²) in [7, 11) is 2.13. The van der Waals surface area contributed by atoms with Gasteiger partial charge in [-0.25, -0.2) is 0 Å². The second kappa shape index (κ2) is 8.81. The lowest BCUT2D eigenvalue weighted by Gasteiger charge is -2.38. The predicted molar refractivity (Wildman–Crippen MR) is 102 cm³/mol. The van der Waals surface area contributed by atoms with Gasteiger partial charge in [0.15, 0.2) is 0 Å². The number of benzene rings is 1. The fourth-order valence-corrected chi connectivity index (χ4v) is 4.22. The van der Waals surface area contributed by atoms with E-state index >= 15 is 0 Å². The van der Waals surface area contributed by atoms with E-state index in [9.17, 15) is 4.79 Å². The third-order valence-electron chi connectivity index (χ3n) is 5.82. The summed E-state index contributed by atoms with van der Waals surface area (Å²) in [6.45, 7) is 8.02. The van der Waals surface area contributed by atoms with Crippen molar-refractivity contribution in [2.24, 2.45) is 5.92 Å². The zero-order valence-electron chi connectivity index (χ0n) is 15.9. The summed E-state index contributed by atoms with van der Waals surface area (Å²) in [6, 6.07) is 11.3. The van der Waals surface area contributed by atoms with Gasteiger partial charge in [0.1, 0.15) is 0 Å². The SMILES string of the molecule is CC1CCCN(C(=O)CN(C)C2CCN(Cc3ccccc3)CC2)C1. The van der Waals surface area contributed by atoms with Crippen molar-refractivity contribution < 1.29 is 4.79 Å². The Hall–Kier alpha value is -1.39. The van der Waals surface area contributed by atoms with Crippen LogP contribution in [-0.2, 0) is 11.3 Å². The molecule has 1 aromatic carbocycles. The molecule has 2 aliphatic rings. The molecule has 2 saturated heterocycles. The first kappa shape index (κ1) is 18.4. The van der Waals surface area contributed by atoms with Crippen molar-refractivity contribution in [2.75, 3.05) is 39.8 Å². The maximum absolute atomic E-state index is 12.6. The molecule has 1 atom stereocenters. The zero-order valence-corrected chi connectivity index (χ0v) is 15.9. The Morgan fingerprint density at radius 2 is 1.84 bits per heavy atom. The van der Waals surface area contributed by atoms with Gasteiger partial charge in [0.2, 0.25) is 5.91 Å². The van der Waals surface area contributed by atoms with Gasteiger partial charge in [0.05, 0.1) is 6.54 Å². The Morgan fingerprint density at radius 1 is 1.12 bits per heavy atom. The van der Waals surface area contributed by atoms with Crippen molar-refractivity contribution in [3.63, 3.8) is 0 Å². The van der Waals surface area contributed by atoms with Gasteiger partial charge in [-0.2, -0.15) is 0 Å². The monoisotopic (exact) mass is 343 g/mol. The summed E-state index contributed by atoms with van der Waals surface area (Å²) < 4.78 is 0. The lowest BCUT2D eigenvalue weighted by atomic mass is 10.00. The van der Waals surface area contributed by atoms with Gasteiger partial charge < -0.3 is 4.90 Å². The fourth-order valence-electron chi connectivity index (χ4n) is 4.22. The smallest absolute Gasteiger partial charge is 0.236 e. The Labute approximate surface area is 152 Å². The molecule has 0 spiro atoms. The van der Waals surface area contributed by atoms with E-state index in [0.29, 0.717) is 24.4 Å². The van der Waals surface area contributed by atoms with Crippen molar-refractivity contribution in [3.05, 3.63) is 35.9 Å². The van der Waals surface area contributed by atoms with E-state index in [2.05, 4.69) is 59.0 Å². The van der Waals surface area contributed by atoms with Crippen LogP contribution < -0.4 is 0 Å². The minimum Gasteiger partial charge on any atom is -0.341 e. The number of nitrogens with zero attached hydrogens (tertiary/aromatic N) is 3. The molecule has 0 saturated carbocycles. The van der Waals surface area contributed by atoms with Crippen LogP contribution in [0.4, 0.5) is 0 Å². The molecule has 1 amide bonds. The summed E-state index contributed by atoms with van der Waals surface area (Å²) in [5.41, 5.74) is 1.39. The topological polar surface area (TPSA) is 26.8 Å². The fraction of sp³-hybridized carbons (Fsp3) is 0.667. The highest BCUT2D eigenvalue weighted by molar-refractivity contribution is 5.78. The molecular formula is C21H33N3O. The van der Waals surface area contributed by atoms with Crippen molar-refractivity contribution in [1.82, 2.24) is 14.7 Å². The van der Waals surface area contributed by atoms with Crippen LogP contribution in [0.1, 0.15) is 38.2 Å². The molecule has 1 aromatic rings. The van der Waals surface area contributed by atoms with Crippen molar-refractivity contribution >= 4 is 5.91 Å². The van der Waals surface area contributed by atoms with Crippen LogP contribution in [0.25, 0.3) is 0 Å². The molecule has 0 radical (unpaired) electrons. The lowest BCUT2D eigenvalue weighted by Crippen LogP contribution is -2.48. The Morgan fingerprint density at radius 3 is 2.52 bits per heavy atom. The van der Waals surface area contributed by atoms with Crippen LogP contribution in [-0.4, -0.2) is 66.4 Å². The van der Waals surface area contributed by atoms with Gasteiger partial charge >= 0.3 is 0 Å². The molecule has 25 heavy (non-hydrogen) atoms. The van der Waals surface area contributed by atoms with Gasteiger partial charge in [-0.15, -0.1) is 0 Å². The first-order valence-corrected chi connectivity index (χ1v) is 9.86. The molecule has 4 heteroatoms. The standard InChI is InChI=1S/C21H33N3O/c1-18-7-6-12-24(15-18)21(25)17-22(2)20-10-13-23(14-11-20)16-19-8-4-3-5-9-19/h3-5,8-9,18,20H,6-7,10-17H2,1-2H3. The molecule has 0 aromatic heterocycles. The molecule has 2 heterocycles. The molecule has 0 aliphatic carbocycles. The van der Waals surface area contributed by atoms with E-state index in [0.717, 1.165) is 52.0 Å². The van der Waals surface area contributed by atoms with Crippen molar-refractivity contribution in [2.45, 2.75) is 45.2 Å². The highest BCUT2D eigenvalue weighted by Gasteiger charge is 2.26. The van der Waals surface area contributed by atoms with E-state index in [1.165, 1.54) is 12.0 Å². The minimum atomic E-state index is 0.320. The number of likely N-dealkylation sites (N-methyl/N-ethyl adjacent to an activating group) is 1. The van der Waals surface area contributed by atoms with Gasteiger partial charge in [0, 0.05) is 25.7 Å². The highest BCUT2D eigenvalue weighted by Crippen LogP contribution is 2.19. The van der Waals surface area contributed by atoms with Crippen LogP contribution in [0, 0.1) is 5.92 Å². The second-order valence-electron chi connectivity index (χ2n) is 8.00. The molecule has 2 aliphatic heterocycles. The first-order chi connectivity index (χ1) is 12.1. The molecule has 0 bridgehead atoms. The quantitative estimate of drug-likeness (QED) is 0.822. The molecule has 138 valence electrons. The Kier molecular flexibility index (Phi) is 6.49. The summed E-state index contributed by atoms with van der Waals surface area (Å²) in [4.78, 5) is 19.5. The van der Waals surface area contributed by atoms with Crippen LogP contribution in [0.5, 0.6) is 0 Å². The van der Waals surface area contributed by atoms with Crippen LogP contribution in [0.2, 0.25) is 0 Å². The van der Waals surface area contributed by atoms with Gasteiger partial charge in [-0.1, -0.05) is 37.3 Å². The van der Waals surface area contributed by atoms with Crippen molar-refractivity contribution in [3.8, 4) is 0 Å². The second-order valence-corrected chi connectivity index (χ2v) is 8.00. The molecule has 3 rings (SSSR count). The van der Waals surface area contributed by atoms with E-state index < -0.39 is 0 Å². The maximum atomic E-state index is 12.6. The number of carbonyl (C=O) groups excluding carboxylic acids is 1. The van der Waals surface area contributed by atoms with Crippen LogP contribution in [0.3, 0.4) is 0 Å². The summed E-state index contributed by atoms with van der Waals surface area (Å²) in [5.74, 6) is 0.977. The predicted octanol–water partition coefficient (Wildman–Crippen LogP) is 2.84. The minimum absolute atomic E-state index is 0.320. The number of likely N-dealkylation sites (tertiary alicyclic amines) is 2. The third kappa shape index (κ3) is 5.29. The number of hydrogen-bond donors (Lipinski definition) is 0. The Balaban J connectivity index is 1.42. The lowest BCUT2D eigenvalue weighted by molar-refractivity contribution is -0.134. The number of piperidine rings is 2. The number of amides is 1. The molecule has 4 nitrogen and oxygen atoms in total. The summed E-state index contributed by atoms with van der Waals surface area (Å²) in [5, 5.41) is 0. The third-order valence-corrected chi connectivity index (χ3v) is 5.82. The van der Waals surface area contributed by atoms with Gasteiger partial charge in [0.25, 0.3) is 0 Å². The summed E-state index contributed by atoms with van der Waals surface area (Å²) >= 11 is 0. The van der Waals surface area contributed by atoms with E-state index in [1.54, 1.807) is 0 Å². The van der Waals surface area contributed by atoms with Crippen molar-refractivity contribution in [1.29, 1.82) is 0 Å². The van der Waals surface area contributed by atoms with E-state index in [1.807, 2.05) is 0 Å². The van der Waals surface area contributed by atoms with E-state index in [4.69, 9.17) is 0 Å². The average molecular weight is 344 g/mol. The zero-order chi connectivity index (χ0) is 17.6. The number of rotatable bonds is 5. The van der Waals surface area contributed by atoms with Crippen LogP contribution in [0.15, 0.2) is 30.3 Å². The number of carbonyl (C=O) groups is 1. The molecule has 1 unspecified atom stereocenters.